The Balaban J connectivity index is 1.84. The molecule has 0 unspecified atom stereocenters. The van der Waals surface area contributed by atoms with Crippen molar-refractivity contribution in [2.24, 2.45) is 0 Å². The normalized spacial score (nSPS) is 11.2. The summed E-state index contributed by atoms with van der Waals surface area (Å²) in [7, 11) is -3.63. The van der Waals surface area contributed by atoms with Crippen molar-refractivity contribution in [3.8, 4) is 0 Å². The summed E-state index contributed by atoms with van der Waals surface area (Å²) in [5, 5.41) is 0. The Morgan fingerprint density at radius 1 is 1.08 bits per heavy atom. The summed E-state index contributed by atoms with van der Waals surface area (Å²) >= 11 is 0. The number of carbonyl (C=O) groups is 1. The van der Waals surface area contributed by atoms with Crippen molar-refractivity contribution in [3.05, 3.63) is 65.2 Å². The molecule has 0 fully saturated rings. The molecular weight excluding hydrogens is 326 g/mol. The highest BCUT2D eigenvalue weighted by Crippen LogP contribution is 2.16. The third-order valence-electron chi connectivity index (χ3n) is 3.50. The molecule has 0 aliphatic rings. The zero-order chi connectivity index (χ0) is 17.6. The summed E-state index contributed by atoms with van der Waals surface area (Å²) in [5.74, 6) is -0.442. The minimum atomic E-state index is -3.63. The van der Waals surface area contributed by atoms with Crippen LogP contribution in [0.4, 0.5) is 0 Å². The monoisotopic (exact) mass is 347 g/mol. The van der Waals surface area contributed by atoms with Gasteiger partial charge in [-0.05, 0) is 36.6 Å². The zero-order valence-electron chi connectivity index (χ0n) is 13.8. The second-order valence-electron chi connectivity index (χ2n) is 5.56. The van der Waals surface area contributed by atoms with Gasteiger partial charge in [0.05, 0.1) is 11.3 Å². The number of aryl methyl sites for hydroxylation is 2. The first-order valence-electron chi connectivity index (χ1n) is 7.65. The van der Waals surface area contributed by atoms with Crippen LogP contribution in [-0.4, -0.2) is 20.9 Å². The first kappa shape index (κ1) is 18.2. The number of carbonyl (C=O) groups excluding carboxylic acids is 1. The maximum Gasteiger partial charge on any atom is 0.307 e. The van der Waals surface area contributed by atoms with Crippen molar-refractivity contribution in [3.63, 3.8) is 0 Å². The molecule has 0 spiro atoms. The molecule has 2 aromatic carbocycles. The molecule has 2 rings (SSSR count). The van der Waals surface area contributed by atoms with Gasteiger partial charge in [-0.3, -0.25) is 4.79 Å². The molecule has 0 aliphatic heterocycles. The van der Waals surface area contributed by atoms with E-state index in [1.807, 2.05) is 43.3 Å². The summed E-state index contributed by atoms with van der Waals surface area (Å²) < 4.78 is 32.2. The van der Waals surface area contributed by atoms with Crippen molar-refractivity contribution in [2.45, 2.75) is 31.8 Å². The second kappa shape index (κ2) is 8.08. The van der Waals surface area contributed by atoms with Crippen LogP contribution in [0.5, 0.6) is 0 Å². The van der Waals surface area contributed by atoms with E-state index in [2.05, 4.69) is 4.72 Å². The van der Waals surface area contributed by atoms with Crippen LogP contribution in [-0.2, 0) is 26.2 Å². The predicted molar refractivity (Wildman–Crippen MR) is 92.0 cm³/mol. The van der Waals surface area contributed by atoms with Crippen LogP contribution >= 0.6 is 0 Å². The van der Waals surface area contributed by atoms with E-state index in [0.29, 0.717) is 5.56 Å². The lowest BCUT2D eigenvalue weighted by molar-refractivity contribution is -0.144. The van der Waals surface area contributed by atoms with E-state index in [1.54, 1.807) is 19.1 Å². The lowest BCUT2D eigenvalue weighted by Crippen LogP contribution is -2.27. The number of benzene rings is 2. The van der Waals surface area contributed by atoms with E-state index in [1.165, 1.54) is 0 Å². The van der Waals surface area contributed by atoms with Gasteiger partial charge < -0.3 is 4.74 Å². The Hall–Kier alpha value is -2.18. The Kier molecular flexibility index (Phi) is 6.11. The minimum Gasteiger partial charge on any atom is -0.461 e. The fourth-order valence-corrected chi connectivity index (χ4v) is 3.53. The van der Waals surface area contributed by atoms with E-state index in [9.17, 15) is 13.2 Å². The average molecular weight is 347 g/mol. The van der Waals surface area contributed by atoms with Gasteiger partial charge in [-0.25, -0.2) is 13.1 Å². The largest absolute Gasteiger partial charge is 0.461 e. The van der Waals surface area contributed by atoms with Gasteiger partial charge in [0.25, 0.3) is 0 Å². The Morgan fingerprint density at radius 3 is 2.50 bits per heavy atom. The summed E-state index contributed by atoms with van der Waals surface area (Å²) in [6.07, 6.45) is -0.0169. The van der Waals surface area contributed by atoms with Crippen LogP contribution in [0.3, 0.4) is 0 Å². The fourth-order valence-electron chi connectivity index (χ4n) is 2.17. The smallest absolute Gasteiger partial charge is 0.307 e. The molecule has 0 heterocycles. The molecule has 0 saturated heterocycles. The third-order valence-corrected chi connectivity index (χ3v) is 5.10. The highest BCUT2D eigenvalue weighted by Gasteiger charge is 2.17. The van der Waals surface area contributed by atoms with Crippen LogP contribution < -0.4 is 4.72 Å². The SMILES string of the molecule is Cc1ccc(C)c(S(=O)(=O)NCCC(=O)OCc2ccccc2)c1. The van der Waals surface area contributed by atoms with Gasteiger partial charge in [0.15, 0.2) is 0 Å². The summed E-state index contributed by atoms with van der Waals surface area (Å²) in [6, 6.07) is 14.6. The van der Waals surface area contributed by atoms with Gasteiger partial charge in [-0.15, -0.1) is 0 Å². The Labute approximate surface area is 142 Å². The molecule has 0 radical (unpaired) electrons. The highest BCUT2D eigenvalue weighted by atomic mass is 32.2. The molecule has 128 valence electrons. The van der Waals surface area contributed by atoms with Gasteiger partial charge in [0, 0.05) is 6.54 Å². The van der Waals surface area contributed by atoms with Gasteiger partial charge in [-0.2, -0.15) is 0 Å². The maximum atomic E-state index is 12.3. The van der Waals surface area contributed by atoms with Gasteiger partial charge in [0.1, 0.15) is 6.61 Å². The van der Waals surface area contributed by atoms with Crippen molar-refractivity contribution in [2.75, 3.05) is 6.54 Å². The van der Waals surface area contributed by atoms with E-state index in [4.69, 9.17) is 4.74 Å². The van der Waals surface area contributed by atoms with Crippen molar-refractivity contribution in [1.29, 1.82) is 0 Å². The molecular formula is C18H21NO4S. The minimum absolute atomic E-state index is 0.00331. The molecule has 0 bridgehead atoms. The van der Waals surface area contributed by atoms with E-state index in [0.717, 1.165) is 11.1 Å². The molecule has 1 N–H and O–H groups in total. The molecule has 5 nitrogen and oxygen atoms in total. The van der Waals surface area contributed by atoms with Crippen molar-refractivity contribution in [1.82, 2.24) is 4.72 Å². The van der Waals surface area contributed by atoms with E-state index >= 15 is 0 Å². The molecule has 0 saturated carbocycles. The number of nitrogens with one attached hydrogen (secondary N) is 1. The Morgan fingerprint density at radius 2 is 1.79 bits per heavy atom. The molecule has 0 aromatic heterocycles. The summed E-state index contributed by atoms with van der Waals surface area (Å²) in [6.45, 7) is 3.76. The summed E-state index contributed by atoms with van der Waals surface area (Å²) in [5.41, 5.74) is 2.42. The molecule has 0 amide bonds. The zero-order valence-corrected chi connectivity index (χ0v) is 14.6. The summed E-state index contributed by atoms with van der Waals surface area (Å²) in [4.78, 5) is 11.9. The quantitative estimate of drug-likeness (QED) is 0.782. The number of hydrogen-bond acceptors (Lipinski definition) is 4. The Bertz CT molecular complexity index is 801. The van der Waals surface area contributed by atoms with E-state index in [-0.39, 0.29) is 24.5 Å². The topological polar surface area (TPSA) is 72.5 Å². The predicted octanol–water partition coefficient (Wildman–Crippen LogP) is 2.72. The van der Waals surface area contributed by atoms with Gasteiger partial charge in [0.2, 0.25) is 10.0 Å². The first-order valence-corrected chi connectivity index (χ1v) is 9.13. The average Bonchev–Trinajstić information content (AvgIpc) is 2.56. The molecule has 24 heavy (non-hydrogen) atoms. The van der Waals surface area contributed by atoms with Crippen molar-refractivity contribution < 1.29 is 17.9 Å². The lowest BCUT2D eigenvalue weighted by Gasteiger charge is -2.10. The molecule has 2 aromatic rings. The number of hydrogen-bond donors (Lipinski definition) is 1. The van der Waals surface area contributed by atoms with Gasteiger partial charge in [-0.1, -0.05) is 42.5 Å². The lowest BCUT2D eigenvalue weighted by atomic mass is 10.2. The molecule has 0 atom stereocenters. The fraction of sp³-hybridized carbons (Fsp3) is 0.278. The van der Waals surface area contributed by atoms with Crippen LogP contribution in [0.2, 0.25) is 0 Å². The number of sulfonamides is 1. The number of ether oxygens (including phenoxy) is 1. The van der Waals surface area contributed by atoms with Gasteiger partial charge >= 0.3 is 5.97 Å². The van der Waals surface area contributed by atoms with E-state index < -0.39 is 16.0 Å². The van der Waals surface area contributed by atoms with Crippen LogP contribution in [0, 0.1) is 13.8 Å². The van der Waals surface area contributed by atoms with Crippen LogP contribution in [0.15, 0.2) is 53.4 Å². The molecule has 6 heteroatoms. The maximum absolute atomic E-state index is 12.3. The van der Waals surface area contributed by atoms with Crippen molar-refractivity contribution >= 4 is 16.0 Å². The standard InChI is InChI=1S/C18H21NO4S/c1-14-8-9-15(2)17(12-14)24(21,22)19-11-10-18(20)23-13-16-6-4-3-5-7-16/h3-9,12,19H,10-11,13H2,1-2H3. The molecule has 0 aliphatic carbocycles. The third kappa shape index (κ3) is 5.18. The first-order chi connectivity index (χ1) is 11.4. The van der Waals surface area contributed by atoms with Crippen LogP contribution in [0.1, 0.15) is 23.1 Å². The van der Waals surface area contributed by atoms with Crippen LogP contribution in [0.25, 0.3) is 0 Å². The highest BCUT2D eigenvalue weighted by molar-refractivity contribution is 7.89. The number of esters is 1. The second-order valence-corrected chi connectivity index (χ2v) is 7.30. The number of rotatable bonds is 7.